The van der Waals surface area contributed by atoms with Gasteiger partial charge in [-0.1, -0.05) is 48.5 Å². The predicted molar refractivity (Wildman–Crippen MR) is 110 cm³/mol. The van der Waals surface area contributed by atoms with Crippen LogP contribution in [-0.2, 0) is 14.3 Å². The second-order valence-electron chi connectivity index (χ2n) is 7.86. The van der Waals surface area contributed by atoms with E-state index in [9.17, 15) is 14.4 Å². The maximum Gasteiger partial charge on any atom is 0.407 e. The maximum atomic E-state index is 12.3. The molecule has 0 bridgehead atoms. The number of carbonyl (C=O) groups is 3. The summed E-state index contributed by atoms with van der Waals surface area (Å²) in [7, 11) is 0. The number of benzene rings is 2. The second-order valence-corrected chi connectivity index (χ2v) is 7.86. The smallest absolute Gasteiger partial charge is 0.407 e. The normalized spacial score (nSPS) is 15.6. The largest absolute Gasteiger partial charge is 0.481 e. The van der Waals surface area contributed by atoms with Gasteiger partial charge in [-0.2, -0.15) is 0 Å². The van der Waals surface area contributed by atoms with E-state index in [4.69, 9.17) is 9.84 Å². The van der Waals surface area contributed by atoms with E-state index in [0.29, 0.717) is 12.8 Å². The molecule has 1 fully saturated rings. The van der Waals surface area contributed by atoms with Crippen LogP contribution in [-0.4, -0.2) is 42.8 Å². The zero-order valence-corrected chi connectivity index (χ0v) is 16.5. The first-order valence-electron chi connectivity index (χ1n) is 10.1. The van der Waals surface area contributed by atoms with Crippen LogP contribution in [0.15, 0.2) is 48.5 Å². The average Bonchev–Trinajstić information content (AvgIpc) is 3.48. The van der Waals surface area contributed by atoms with Crippen LogP contribution in [0.4, 0.5) is 4.79 Å². The molecular formula is C23H24N2O5. The molecule has 0 unspecified atom stereocenters. The lowest BCUT2D eigenvalue weighted by Gasteiger charge is -2.17. The van der Waals surface area contributed by atoms with Crippen molar-refractivity contribution in [3.05, 3.63) is 59.7 Å². The van der Waals surface area contributed by atoms with Gasteiger partial charge >= 0.3 is 12.1 Å². The zero-order valence-electron chi connectivity index (χ0n) is 16.5. The molecule has 156 valence electrons. The Kier molecular flexibility index (Phi) is 5.44. The zero-order chi connectivity index (χ0) is 21.1. The number of nitrogens with one attached hydrogen (secondary N) is 2. The molecule has 2 aromatic rings. The van der Waals surface area contributed by atoms with Crippen molar-refractivity contribution in [1.29, 1.82) is 0 Å². The van der Waals surface area contributed by atoms with Gasteiger partial charge in [-0.05, 0) is 35.1 Å². The second kappa shape index (κ2) is 8.18. The first-order chi connectivity index (χ1) is 14.5. The molecule has 4 rings (SSSR count). The monoisotopic (exact) mass is 408 g/mol. The number of hydrogen-bond donors (Lipinski definition) is 3. The Morgan fingerprint density at radius 3 is 2.13 bits per heavy atom. The summed E-state index contributed by atoms with van der Waals surface area (Å²) in [5, 5.41) is 14.0. The van der Waals surface area contributed by atoms with E-state index in [2.05, 4.69) is 34.9 Å². The SMILES string of the molecule is O=C(O)CCNC(=O)C1(CNC(=O)OCC2c3ccccc3-c3ccccc32)CC1. The van der Waals surface area contributed by atoms with Gasteiger partial charge in [-0.25, -0.2) is 4.79 Å². The Morgan fingerprint density at radius 2 is 1.57 bits per heavy atom. The van der Waals surface area contributed by atoms with Crippen molar-refractivity contribution >= 4 is 18.0 Å². The molecule has 0 spiro atoms. The molecule has 0 aliphatic heterocycles. The Morgan fingerprint density at radius 1 is 0.967 bits per heavy atom. The van der Waals surface area contributed by atoms with Crippen molar-refractivity contribution in [3.8, 4) is 11.1 Å². The van der Waals surface area contributed by atoms with Crippen molar-refractivity contribution in [2.24, 2.45) is 5.41 Å². The van der Waals surface area contributed by atoms with Crippen LogP contribution >= 0.6 is 0 Å². The first kappa shape index (κ1) is 19.9. The molecule has 2 aliphatic carbocycles. The third kappa shape index (κ3) is 4.01. The quantitative estimate of drug-likeness (QED) is 0.623. The number of alkyl carbamates (subject to hydrolysis) is 1. The number of fused-ring (bicyclic) bond motifs is 3. The van der Waals surface area contributed by atoms with Crippen molar-refractivity contribution in [2.45, 2.75) is 25.2 Å². The fraction of sp³-hybridized carbons (Fsp3) is 0.348. The van der Waals surface area contributed by atoms with Crippen molar-refractivity contribution in [1.82, 2.24) is 10.6 Å². The molecule has 0 saturated heterocycles. The summed E-state index contributed by atoms with van der Waals surface area (Å²) < 4.78 is 5.50. The van der Waals surface area contributed by atoms with E-state index in [1.165, 1.54) is 0 Å². The number of amides is 2. The minimum absolute atomic E-state index is 0.0163. The topological polar surface area (TPSA) is 105 Å². The van der Waals surface area contributed by atoms with Gasteiger partial charge < -0.3 is 20.5 Å². The number of hydrogen-bond acceptors (Lipinski definition) is 4. The number of ether oxygens (including phenoxy) is 1. The van der Waals surface area contributed by atoms with Crippen LogP contribution in [0.5, 0.6) is 0 Å². The van der Waals surface area contributed by atoms with Gasteiger partial charge in [0.05, 0.1) is 11.8 Å². The van der Waals surface area contributed by atoms with Crippen LogP contribution in [0, 0.1) is 5.41 Å². The number of aliphatic carboxylic acids is 1. The fourth-order valence-corrected chi connectivity index (χ4v) is 4.00. The fourth-order valence-electron chi connectivity index (χ4n) is 4.00. The first-order valence-corrected chi connectivity index (χ1v) is 10.1. The molecule has 0 aromatic heterocycles. The molecule has 7 heteroatoms. The van der Waals surface area contributed by atoms with Gasteiger partial charge in [-0.3, -0.25) is 9.59 Å². The lowest BCUT2D eigenvalue weighted by atomic mass is 9.98. The summed E-state index contributed by atoms with van der Waals surface area (Å²) in [6.45, 7) is 0.487. The lowest BCUT2D eigenvalue weighted by molar-refractivity contribution is -0.137. The van der Waals surface area contributed by atoms with Crippen molar-refractivity contribution in [2.75, 3.05) is 19.7 Å². The predicted octanol–water partition coefficient (Wildman–Crippen LogP) is 2.90. The molecule has 2 amide bonds. The Bertz CT molecular complexity index is 938. The molecule has 1 saturated carbocycles. The highest BCUT2D eigenvalue weighted by Gasteiger charge is 2.49. The van der Waals surface area contributed by atoms with E-state index in [1.54, 1.807) is 0 Å². The van der Waals surface area contributed by atoms with Gasteiger partial charge in [0.25, 0.3) is 0 Å². The summed E-state index contributed by atoms with van der Waals surface area (Å²) in [6, 6.07) is 16.2. The minimum Gasteiger partial charge on any atom is -0.481 e. The van der Waals surface area contributed by atoms with Gasteiger partial charge in [0.2, 0.25) is 5.91 Å². The standard InChI is InChI=1S/C23H24N2O5/c26-20(27)9-12-24-21(28)23(10-11-23)14-25-22(29)30-13-19-17-7-3-1-5-15(17)16-6-2-4-8-18(16)19/h1-8,19H,9-14H2,(H,24,28)(H,25,29)(H,26,27). The van der Waals surface area contributed by atoms with Crippen LogP contribution in [0.25, 0.3) is 11.1 Å². The van der Waals surface area contributed by atoms with E-state index in [0.717, 1.165) is 22.3 Å². The molecule has 0 atom stereocenters. The van der Waals surface area contributed by atoms with E-state index < -0.39 is 17.5 Å². The van der Waals surface area contributed by atoms with Gasteiger partial charge in [0.15, 0.2) is 0 Å². The van der Waals surface area contributed by atoms with E-state index >= 15 is 0 Å². The number of carboxylic acid groups (broad SMARTS) is 1. The summed E-state index contributed by atoms with van der Waals surface area (Å²) in [6.07, 6.45) is 0.647. The van der Waals surface area contributed by atoms with Gasteiger partial charge in [0.1, 0.15) is 6.61 Å². The Labute approximate surface area is 174 Å². The van der Waals surface area contributed by atoms with Gasteiger partial charge in [-0.15, -0.1) is 0 Å². The Balaban J connectivity index is 1.31. The van der Waals surface area contributed by atoms with Crippen LogP contribution < -0.4 is 10.6 Å². The number of rotatable bonds is 8. The number of carbonyl (C=O) groups excluding carboxylic acids is 2. The molecule has 30 heavy (non-hydrogen) atoms. The highest BCUT2D eigenvalue weighted by molar-refractivity contribution is 5.86. The molecule has 7 nitrogen and oxygen atoms in total. The summed E-state index contributed by atoms with van der Waals surface area (Å²) in [5.41, 5.74) is 3.96. The summed E-state index contributed by atoms with van der Waals surface area (Å²) >= 11 is 0. The van der Waals surface area contributed by atoms with Crippen LogP contribution in [0.3, 0.4) is 0 Å². The van der Waals surface area contributed by atoms with Gasteiger partial charge in [0, 0.05) is 19.0 Å². The van der Waals surface area contributed by atoms with E-state index in [-0.39, 0.29) is 37.9 Å². The highest BCUT2D eigenvalue weighted by atomic mass is 16.5. The molecule has 2 aliphatic rings. The molecular weight excluding hydrogens is 384 g/mol. The van der Waals surface area contributed by atoms with E-state index in [1.807, 2.05) is 24.3 Å². The molecule has 3 N–H and O–H groups in total. The third-order valence-electron chi connectivity index (χ3n) is 5.87. The Hall–Kier alpha value is -3.35. The lowest BCUT2D eigenvalue weighted by Crippen LogP contribution is -2.41. The average molecular weight is 408 g/mol. The van der Waals surface area contributed by atoms with Crippen LogP contribution in [0.1, 0.15) is 36.3 Å². The molecule has 2 aromatic carbocycles. The molecule has 0 radical (unpaired) electrons. The summed E-state index contributed by atoms with van der Waals surface area (Å²) in [5.74, 6) is -1.20. The molecule has 0 heterocycles. The minimum atomic E-state index is -0.961. The van der Waals surface area contributed by atoms with Crippen LogP contribution in [0.2, 0.25) is 0 Å². The summed E-state index contributed by atoms with van der Waals surface area (Å²) in [4.78, 5) is 35.1. The highest BCUT2D eigenvalue weighted by Crippen LogP contribution is 2.46. The van der Waals surface area contributed by atoms with Crippen molar-refractivity contribution in [3.63, 3.8) is 0 Å². The van der Waals surface area contributed by atoms with Crippen molar-refractivity contribution < 1.29 is 24.2 Å². The maximum absolute atomic E-state index is 12.3. The number of carboxylic acids is 1. The third-order valence-corrected chi connectivity index (χ3v) is 5.87.